The van der Waals surface area contributed by atoms with Gasteiger partial charge in [-0.25, -0.2) is 10.6 Å². The Morgan fingerprint density at radius 2 is 2.00 bits per heavy atom. The largest absolute Gasteiger partial charge is 0.356 e. The lowest BCUT2D eigenvalue weighted by Crippen LogP contribution is -2.43. The number of nitrogens with two attached hydrogens (primary N) is 2. The van der Waals surface area contributed by atoms with Crippen molar-refractivity contribution in [3.63, 3.8) is 0 Å². The number of hydrazine groups is 1. The molecule has 0 spiro atoms. The van der Waals surface area contributed by atoms with E-state index in [1.165, 1.54) is 0 Å². The molecule has 2 saturated heterocycles. The Balaban J connectivity index is 0.00000364. The zero-order chi connectivity index (χ0) is 18.9. The summed E-state index contributed by atoms with van der Waals surface area (Å²) in [4.78, 5) is 34.3. The molecule has 0 aromatic rings. The Bertz CT molecular complexity index is 513. The molecule has 9 nitrogen and oxygen atoms in total. The second kappa shape index (κ2) is 12.3. The molecule has 0 saturated carbocycles. The fraction of sp³-hybridized carbons (Fsp3) is 0.812. The van der Waals surface area contributed by atoms with Crippen LogP contribution in [0, 0.1) is 0 Å². The fourth-order valence-electron chi connectivity index (χ4n) is 3.32. The van der Waals surface area contributed by atoms with Crippen molar-refractivity contribution in [3.05, 3.63) is 0 Å². The van der Waals surface area contributed by atoms with Gasteiger partial charge < -0.3 is 21.7 Å². The van der Waals surface area contributed by atoms with Crippen LogP contribution in [-0.4, -0.2) is 53.5 Å². The Hall–Kier alpha value is -1.23. The predicted octanol–water partition coefficient (Wildman–Crippen LogP) is -0.262. The summed E-state index contributed by atoms with van der Waals surface area (Å²) in [7, 11) is 0. The molecule has 0 aliphatic carbocycles. The summed E-state index contributed by atoms with van der Waals surface area (Å²) in [6.45, 7) is 0.593. The third-order valence-corrected chi connectivity index (χ3v) is 6.33. The molecule has 2 fully saturated rings. The van der Waals surface area contributed by atoms with Gasteiger partial charge in [-0.05, 0) is 32.1 Å². The maximum absolute atomic E-state index is 11.8. The van der Waals surface area contributed by atoms with Crippen molar-refractivity contribution < 1.29 is 14.4 Å². The van der Waals surface area contributed by atoms with E-state index in [1.807, 2.05) is 17.2 Å². The van der Waals surface area contributed by atoms with Crippen molar-refractivity contribution in [2.75, 3.05) is 12.3 Å². The average Bonchev–Trinajstić information content (AvgIpc) is 3.16. The second-order valence-electron chi connectivity index (χ2n) is 6.83. The highest BCUT2D eigenvalue weighted by Gasteiger charge is 2.42. The highest BCUT2D eigenvalue weighted by atomic mass is 35.5. The first-order valence-electron chi connectivity index (χ1n) is 9.22. The number of carbonyl (C=O) groups is 3. The molecule has 0 aromatic carbocycles. The molecule has 4 atom stereocenters. The minimum Gasteiger partial charge on any atom is -0.356 e. The summed E-state index contributed by atoms with van der Waals surface area (Å²) < 4.78 is 0. The zero-order valence-electron chi connectivity index (χ0n) is 15.4. The Kier molecular flexibility index (Phi) is 10.8. The third-order valence-electron chi connectivity index (χ3n) is 4.82. The van der Waals surface area contributed by atoms with Crippen LogP contribution in [0.15, 0.2) is 0 Å². The van der Waals surface area contributed by atoms with Crippen molar-refractivity contribution >= 4 is 42.0 Å². The van der Waals surface area contributed by atoms with Gasteiger partial charge in [0.25, 0.3) is 5.91 Å². The number of hydrogen-bond donors (Lipinski definition) is 6. The van der Waals surface area contributed by atoms with Gasteiger partial charge in [-0.3, -0.25) is 15.0 Å². The van der Waals surface area contributed by atoms with E-state index in [1.54, 1.807) is 0 Å². The molecule has 2 aliphatic heterocycles. The first-order chi connectivity index (χ1) is 12.5. The number of carbonyl (C=O) groups excluding carboxylic acids is 3. The number of halogens is 1. The molecule has 8 N–H and O–H groups in total. The van der Waals surface area contributed by atoms with Crippen molar-refractivity contribution in [3.8, 4) is 0 Å². The Morgan fingerprint density at radius 1 is 1.22 bits per heavy atom. The topological polar surface area (TPSA) is 151 Å². The molecule has 156 valence electrons. The number of thioether (sulfide) groups is 1. The lowest BCUT2D eigenvalue weighted by molar-refractivity contribution is -0.123. The first kappa shape index (κ1) is 23.8. The van der Waals surface area contributed by atoms with Crippen LogP contribution in [0.4, 0.5) is 4.79 Å². The molecular formula is C16H31ClN6O3S. The van der Waals surface area contributed by atoms with Crippen LogP contribution in [0.5, 0.6) is 0 Å². The molecule has 27 heavy (non-hydrogen) atoms. The number of unbranched alkanes of at least 4 members (excludes halogenated alkanes) is 2. The SMILES string of the molecule is Cl.NNC(=O)[C@@H](N)CCCCNC(=O)CCCC[C@@H]1SC[C@@H]2NC(=O)N[C@@H]21. The monoisotopic (exact) mass is 422 g/mol. The number of fused-ring (bicyclic) bond motifs is 1. The van der Waals surface area contributed by atoms with E-state index in [-0.39, 0.29) is 42.3 Å². The van der Waals surface area contributed by atoms with Crippen LogP contribution in [0.1, 0.15) is 44.9 Å². The first-order valence-corrected chi connectivity index (χ1v) is 10.3. The third kappa shape index (κ3) is 7.73. The summed E-state index contributed by atoms with van der Waals surface area (Å²) in [5.41, 5.74) is 7.66. The number of nitrogens with one attached hydrogen (secondary N) is 4. The lowest BCUT2D eigenvalue weighted by Gasteiger charge is -2.16. The summed E-state index contributed by atoms with van der Waals surface area (Å²) >= 11 is 1.90. The Labute approximate surface area is 170 Å². The van der Waals surface area contributed by atoms with Crippen molar-refractivity contribution in [2.45, 2.75) is 68.3 Å². The molecule has 2 rings (SSSR count). The maximum atomic E-state index is 11.8. The van der Waals surface area contributed by atoms with Crippen LogP contribution in [0.25, 0.3) is 0 Å². The van der Waals surface area contributed by atoms with Gasteiger partial charge in [-0.1, -0.05) is 6.42 Å². The van der Waals surface area contributed by atoms with Gasteiger partial charge in [0.15, 0.2) is 0 Å². The number of urea groups is 1. The van der Waals surface area contributed by atoms with Crippen LogP contribution in [-0.2, 0) is 9.59 Å². The molecule has 0 aromatic heterocycles. The summed E-state index contributed by atoms with van der Waals surface area (Å²) in [6, 6.07) is -0.170. The zero-order valence-corrected chi connectivity index (χ0v) is 17.0. The fourth-order valence-corrected chi connectivity index (χ4v) is 4.86. The van der Waals surface area contributed by atoms with Crippen LogP contribution < -0.4 is 33.0 Å². The van der Waals surface area contributed by atoms with E-state index in [2.05, 4.69) is 16.0 Å². The quantitative estimate of drug-likeness (QED) is 0.0886. The molecule has 11 heteroatoms. The van der Waals surface area contributed by atoms with Gasteiger partial charge in [0.2, 0.25) is 5.91 Å². The smallest absolute Gasteiger partial charge is 0.315 e. The van der Waals surface area contributed by atoms with Gasteiger partial charge in [-0.15, -0.1) is 12.4 Å². The molecular weight excluding hydrogens is 392 g/mol. The van der Waals surface area contributed by atoms with Gasteiger partial charge in [0.1, 0.15) is 0 Å². The molecule has 4 amide bonds. The van der Waals surface area contributed by atoms with E-state index >= 15 is 0 Å². The normalized spacial score (nSPS) is 24.2. The minimum atomic E-state index is -0.594. The number of hydrogen-bond acceptors (Lipinski definition) is 6. The van der Waals surface area contributed by atoms with Crippen LogP contribution >= 0.6 is 24.2 Å². The molecule has 0 radical (unpaired) electrons. The second-order valence-corrected chi connectivity index (χ2v) is 8.10. The molecule has 0 bridgehead atoms. The summed E-state index contributed by atoms with van der Waals surface area (Å²) in [5, 5.41) is 9.25. The average molecular weight is 423 g/mol. The maximum Gasteiger partial charge on any atom is 0.315 e. The van der Waals surface area contributed by atoms with Crippen LogP contribution in [0.3, 0.4) is 0 Å². The minimum absolute atomic E-state index is 0. The standard InChI is InChI=1S/C16H30N6O3S.ClH/c17-10(15(24)22-18)5-3-4-8-19-13(23)7-2-1-6-12-14-11(9-26-12)20-16(25)21-14;/h10-12,14H,1-9,17-18H2,(H,19,23)(H,22,24)(H2,20,21,25);1H/t10-,11-,12-,14-;/m0./s1. The van der Waals surface area contributed by atoms with Crippen LogP contribution in [0.2, 0.25) is 0 Å². The van der Waals surface area contributed by atoms with E-state index in [0.29, 0.717) is 24.6 Å². The highest BCUT2D eigenvalue weighted by molar-refractivity contribution is 8.00. The number of amides is 4. The van der Waals surface area contributed by atoms with Crippen molar-refractivity contribution in [1.29, 1.82) is 0 Å². The van der Waals surface area contributed by atoms with Gasteiger partial charge in [0, 0.05) is 24.0 Å². The summed E-state index contributed by atoms with van der Waals surface area (Å²) in [6.07, 6.45) is 5.46. The lowest BCUT2D eigenvalue weighted by atomic mass is 10.0. The van der Waals surface area contributed by atoms with E-state index in [0.717, 1.165) is 37.9 Å². The van der Waals surface area contributed by atoms with Gasteiger partial charge in [-0.2, -0.15) is 11.8 Å². The molecule has 2 heterocycles. The molecule has 2 aliphatic rings. The van der Waals surface area contributed by atoms with Crippen molar-refractivity contribution in [1.82, 2.24) is 21.4 Å². The van der Waals surface area contributed by atoms with E-state index in [4.69, 9.17) is 11.6 Å². The van der Waals surface area contributed by atoms with E-state index in [9.17, 15) is 14.4 Å². The number of rotatable bonds is 11. The van der Waals surface area contributed by atoms with Gasteiger partial charge in [0.05, 0.1) is 18.1 Å². The Morgan fingerprint density at radius 3 is 2.74 bits per heavy atom. The van der Waals surface area contributed by atoms with Gasteiger partial charge >= 0.3 is 6.03 Å². The van der Waals surface area contributed by atoms with E-state index < -0.39 is 6.04 Å². The highest BCUT2D eigenvalue weighted by Crippen LogP contribution is 2.33. The van der Waals surface area contributed by atoms with Crippen molar-refractivity contribution in [2.24, 2.45) is 11.6 Å². The summed E-state index contributed by atoms with van der Waals surface area (Å²) in [5.74, 6) is 5.67. The predicted molar refractivity (Wildman–Crippen MR) is 108 cm³/mol. The molecule has 0 unspecified atom stereocenters.